The van der Waals surface area contributed by atoms with E-state index in [0.29, 0.717) is 10.6 Å². The number of rotatable bonds is 6. The van der Waals surface area contributed by atoms with Crippen molar-refractivity contribution in [3.05, 3.63) is 16.0 Å². The fourth-order valence-corrected chi connectivity index (χ4v) is 4.20. The van der Waals surface area contributed by atoms with Crippen molar-refractivity contribution in [2.75, 3.05) is 11.9 Å². The maximum absolute atomic E-state index is 12.4. The molecule has 9 heteroatoms. The lowest BCUT2D eigenvalue weighted by Crippen LogP contribution is -2.50. The van der Waals surface area contributed by atoms with Gasteiger partial charge in [0.1, 0.15) is 11.2 Å². The van der Waals surface area contributed by atoms with E-state index in [9.17, 15) is 9.59 Å². The maximum Gasteiger partial charge on any atom is 0.341 e. The number of alkyl halides is 3. The van der Waals surface area contributed by atoms with Gasteiger partial charge in [0.05, 0.1) is 12.2 Å². The number of thiophene rings is 1. The van der Waals surface area contributed by atoms with Crippen LogP contribution in [0.2, 0.25) is 0 Å². The van der Waals surface area contributed by atoms with Crippen molar-refractivity contribution >= 4 is 63.0 Å². The lowest BCUT2D eigenvalue weighted by molar-refractivity contribution is -0.124. The van der Waals surface area contributed by atoms with E-state index in [1.807, 2.05) is 0 Å². The zero-order valence-electron chi connectivity index (χ0n) is 14.3. The van der Waals surface area contributed by atoms with E-state index in [-0.39, 0.29) is 18.4 Å². The normalized spacial score (nSPS) is 15.0. The summed E-state index contributed by atoms with van der Waals surface area (Å²) < 4.78 is 3.39. The molecule has 0 aromatic carbocycles. The Morgan fingerprint density at radius 2 is 1.96 bits per heavy atom. The number of ether oxygens (including phenoxy) is 1. The summed E-state index contributed by atoms with van der Waals surface area (Å²) in [7, 11) is 0. The number of halogens is 3. The number of amides is 1. The Kier molecular flexibility index (Phi) is 6.87. The molecule has 1 aromatic rings. The Morgan fingerprint density at radius 1 is 1.28 bits per heavy atom. The van der Waals surface area contributed by atoms with Crippen LogP contribution >= 0.6 is 46.1 Å². The van der Waals surface area contributed by atoms with Crippen LogP contribution in [0.25, 0.3) is 0 Å². The molecule has 2 N–H and O–H groups in total. The second-order valence-corrected chi connectivity index (χ2v) is 9.54. The van der Waals surface area contributed by atoms with E-state index in [4.69, 9.17) is 39.5 Å². The van der Waals surface area contributed by atoms with E-state index in [2.05, 4.69) is 10.6 Å². The molecular formula is C16H21Cl3N2O3S. The molecule has 1 aliphatic rings. The predicted octanol–water partition coefficient (Wildman–Crippen LogP) is 4.29. The summed E-state index contributed by atoms with van der Waals surface area (Å²) >= 11 is 19.5. The van der Waals surface area contributed by atoms with E-state index in [0.717, 1.165) is 29.7 Å². The minimum absolute atomic E-state index is 0.259. The first-order valence-electron chi connectivity index (χ1n) is 8.10. The summed E-state index contributed by atoms with van der Waals surface area (Å²) in [4.78, 5) is 25.6. The van der Waals surface area contributed by atoms with Gasteiger partial charge in [-0.15, -0.1) is 11.3 Å². The molecule has 0 radical (unpaired) electrons. The second-order valence-electron chi connectivity index (χ2n) is 6.06. The van der Waals surface area contributed by atoms with Crippen molar-refractivity contribution < 1.29 is 14.3 Å². The third-order valence-corrected chi connectivity index (χ3v) is 5.69. The first-order valence-corrected chi connectivity index (χ1v) is 10.1. The molecule has 1 atom stereocenters. The number of carbonyl (C=O) groups is 2. The first kappa shape index (κ1) is 20.6. The third kappa shape index (κ3) is 4.94. The van der Waals surface area contributed by atoms with Crippen LogP contribution in [0.4, 0.5) is 5.00 Å². The summed E-state index contributed by atoms with van der Waals surface area (Å²) in [5.74, 6) is -0.928. The molecule has 0 saturated carbocycles. The zero-order chi connectivity index (χ0) is 18.8. The van der Waals surface area contributed by atoms with Crippen molar-refractivity contribution in [1.29, 1.82) is 0 Å². The van der Waals surface area contributed by atoms with Crippen molar-refractivity contribution in [1.82, 2.24) is 5.32 Å². The third-order valence-electron chi connectivity index (χ3n) is 3.81. The highest BCUT2D eigenvalue weighted by molar-refractivity contribution is 7.16. The standard InChI is InChI=1S/C16H21Cl3N2O3S/c1-4-24-14(23)11-9-6-5-7-10(9)25-13(11)21-15(16(17,18)19)20-12(22)8(2)3/h8,15,21H,4-7H2,1-3H3,(H,20,22)/t15-/m1/s1. The van der Waals surface area contributed by atoms with Crippen molar-refractivity contribution in [3.63, 3.8) is 0 Å². The molecule has 0 aliphatic heterocycles. The smallest absolute Gasteiger partial charge is 0.341 e. The Morgan fingerprint density at radius 3 is 2.52 bits per heavy atom. The summed E-state index contributed by atoms with van der Waals surface area (Å²) in [5.41, 5.74) is 1.47. The molecule has 0 spiro atoms. The van der Waals surface area contributed by atoms with Gasteiger partial charge in [-0.3, -0.25) is 4.79 Å². The molecule has 1 aromatic heterocycles. The molecule has 0 saturated heterocycles. The van der Waals surface area contributed by atoms with Crippen LogP contribution in [0.5, 0.6) is 0 Å². The molecular weight excluding hydrogens is 407 g/mol. The summed E-state index contributed by atoms with van der Waals surface area (Å²) in [6.45, 7) is 5.52. The monoisotopic (exact) mass is 426 g/mol. The maximum atomic E-state index is 12.4. The van der Waals surface area contributed by atoms with Crippen LogP contribution < -0.4 is 10.6 Å². The highest BCUT2D eigenvalue weighted by Crippen LogP contribution is 2.41. The molecule has 25 heavy (non-hydrogen) atoms. The summed E-state index contributed by atoms with van der Waals surface area (Å²) in [6, 6.07) is 0. The largest absolute Gasteiger partial charge is 0.462 e. The Balaban J connectivity index is 2.33. The second kappa shape index (κ2) is 8.33. The number of aryl methyl sites for hydroxylation is 1. The Hall–Kier alpha value is -0.690. The van der Waals surface area contributed by atoms with E-state index in [1.54, 1.807) is 20.8 Å². The van der Waals surface area contributed by atoms with Crippen molar-refractivity contribution in [2.45, 2.75) is 50.0 Å². The predicted molar refractivity (Wildman–Crippen MR) is 103 cm³/mol. The van der Waals surface area contributed by atoms with Gasteiger partial charge in [0.25, 0.3) is 0 Å². The van der Waals surface area contributed by atoms with Crippen LogP contribution in [0.15, 0.2) is 0 Å². The van der Waals surface area contributed by atoms with Crippen LogP contribution in [0, 0.1) is 5.92 Å². The van der Waals surface area contributed by atoms with Crippen molar-refractivity contribution in [2.24, 2.45) is 5.92 Å². The van der Waals surface area contributed by atoms with Gasteiger partial charge < -0.3 is 15.4 Å². The number of hydrogen-bond donors (Lipinski definition) is 2. The van der Waals surface area contributed by atoms with Gasteiger partial charge >= 0.3 is 5.97 Å². The lowest BCUT2D eigenvalue weighted by atomic mass is 10.1. The van der Waals surface area contributed by atoms with Crippen LogP contribution in [-0.2, 0) is 22.4 Å². The highest BCUT2D eigenvalue weighted by atomic mass is 35.6. The lowest BCUT2D eigenvalue weighted by Gasteiger charge is -2.28. The van der Waals surface area contributed by atoms with Gasteiger partial charge in [-0.05, 0) is 31.7 Å². The van der Waals surface area contributed by atoms with Gasteiger partial charge in [-0.1, -0.05) is 48.7 Å². The number of fused-ring (bicyclic) bond motifs is 1. The molecule has 0 fully saturated rings. The average Bonchev–Trinajstić information content (AvgIpc) is 3.05. The summed E-state index contributed by atoms with van der Waals surface area (Å²) in [6.07, 6.45) is 1.76. The number of anilines is 1. The molecule has 1 heterocycles. The topological polar surface area (TPSA) is 67.4 Å². The fraction of sp³-hybridized carbons (Fsp3) is 0.625. The number of hydrogen-bond acceptors (Lipinski definition) is 5. The number of nitrogens with one attached hydrogen (secondary N) is 2. The van der Waals surface area contributed by atoms with Gasteiger partial charge in [0.2, 0.25) is 9.70 Å². The number of carbonyl (C=O) groups excluding carboxylic acids is 2. The van der Waals surface area contributed by atoms with Gasteiger partial charge in [-0.2, -0.15) is 0 Å². The molecule has 2 rings (SSSR count). The summed E-state index contributed by atoms with van der Waals surface area (Å²) in [5, 5.41) is 6.27. The Labute approximate surface area is 166 Å². The molecule has 0 bridgehead atoms. The minimum atomic E-state index is -1.79. The molecule has 0 unspecified atom stereocenters. The van der Waals surface area contributed by atoms with E-state index in [1.165, 1.54) is 11.3 Å². The minimum Gasteiger partial charge on any atom is -0.462 e. The van der Waals surface area contributed by atoms with Crippen LogP contribution in [0.3, 0.4) is 0 Å². The molecule has 5 nitrogen and oxygen atoms in total. The van der Waals surface area contributed by atoms with E-state index < -0.39 is 15.9 Å². The first-order chi connectivity index (χ1) is 11.6. The van der Waals surface area contributed by atoms with Gasteiger partial charge in [-0.25, -0.2) is 4.79 Å². The van der Waals surface area contributed by atoms with Gasteiger partial charge in [0.15, 0.2) is 0 Å². The Bertz CT molecular complexity index is 656. The average molecular weight is 428 g/mol. The zero-order valence-corrected chi connectivity index (χ0v) is 17.3. The SMILES string of the molecule is CCOC(=O)c1c(N[C@@H](NC(=O)C(C)C)C(Cl)(Cl)Cl)sc2c1CCC2. The number of esters is 1. The molecule has 140 valence electrons. The highest BCUT2D eigenvalue weighted by Gasteiger charge is 2.37. The van der Waals surface area contributed by atoms with E-state index >= 15 is 0 Å². The van der Waals surface area contributed by atoms with Crippen molar-refractivity contribution in [3.8, 4) is 0 Å². The molecule has 1 aliphatic carbocycles. The van der Waals surface area contributed by atoms with Crippen LogP contribution in [-0.4, -0.2) is 28.4 Å². The molecule has 1 amide bonds. The fourth-order valence-electron chi connectivity index (χ4n) is 2.56. The van der Waals surface area contributed by atoms with Crippen LogP contribution in [0.1, 0.15) is 48.0 Å². The quantitative estimate of drug-likeness (QED) is 0.404. The van der Waals surface area contributed by atoms with Gasteiger partial charge in [0, 0.05) is 10.8 Å².